The fraction of sp³-hybridized carbons (Fsp3) is 0.412. The van der Waals surface area contributed by atoms with Crippen LogP contribution in [0.3, 0.4) is 0 Å². The van der Waals surface area contributed by atoms with Gasteiger partial charge in [-0.2, -0.15) is 0 Å². The van der Waals surface area contributed by atoms with E-state index in [1.165, 1.54) is 0 Å². The summed E-state index contributed by atoms with van der Waals surface area (Å²) in [7, 11) is 1.92. The van der Waals surface area contributed by atoms with Gasteiger partial charge in [-0.1, -0.05) is 17.8 Å². The van der Waals surface area contributed by atoms with Gasteiger partial charge in [-0.05, 0) is 18.4 Å². The van der Waals surface area contributed by atoms with E-state index < -0.39 is 0 Å². The van der Waals surface area contributed by atoms with E-state index in [1.807, 2.05) is 36.1 Å². The van der Waals surface area contributed by atoms with Gasteiger partial charge in [-0.15, -0.1) is 0 Å². The third kappa shape index (κ3) is 4.01. The highest BCUT2D eigenvalue weighted by Crippen LogP contribution is 2.20. The van der Waals surface area contributed by atoms with Crippen LogP contribution in [0.4, 0.5) is 0 Å². The Balaban J connectivity index is 1.54. The SMILES string of the molecule is CSc1ncc(CNC(=O)[C@H]2CC(=O)N(Cc3ccccn3)C2)n1C. The molecule has 1 fully saturated rings. The van der Waals surface area contributed by atoms with E-state index in [0.29, 0.717) is 19.6 Å². The minimum Gasteiger partial charge on any atom is -0.350 e. The largest absolute Gasteiger partial charge is 0.350 e. The topological polar surface area (TPSA) is 80.1 Å². The lowest BCUT2D eigenvalue weighted by atomic mass is 10.1. The van der Waals surface area contributed by atoms with E-state index in [2.05, 4.69) is 15.3 Å². The van der Waals surface area contributed by atoms with Crippen molar-refractivity contribution >= 4 is 23.6 Å². The predicted molar refractivity (Wildman–Crippen MR) is 94.6 cm³/mol. The number of hydrogen-bond donors (Lipinski definition) is 1. The number of rotatable bonds is 6. The Kier molecular flexibility index (Phi) is 5.37. The summed E-state index contributed by atoms with van der Waals surface area (Å²) in [4.78, 5) is 34.8. The molecule has 132 valence electrons. The summed E-state index contributed by atoms with van der Waals surface area (Å²) < 4.78 is 1.96. The second-order valence-corrected chi connectivity index (χ2v) is 6.78. The molecule has 1 N–H and O–H groups in total. The van der Waals surface area contributed by atoms with Crippen molar-refractivity contribution in [3.63, 3.8) is 0 Å². The van der Waals surface area contributed by atoms with Gasteiger partial charge in [0.15, 0.2) is 5.16 Å². The lowest BCUT2D eigenvalue weighted by molar-refractivity contribution is -0.129. The van der Waals surface area contributed by atoms with Crippen LogP contribution in [0.1, 0.15) is 17.8 Å². The quantitative estimate of drug-likeness (QED) is 0.784. The molecule has 2 aromatic rings. The number of aromatic nitrogens is 3. The monoisotopic (exact) mass is 359 g/mol. The van der Waals surface area contributed by atoms with Gasteiger partial charge in [0.2, 0.25) is 11.8 Å². The molecule has 8 heteroatoms. The zero-order valence-corrected chi connectivity index (χ0v) is 15.1. The Morgan fingerprint density at radius 3 is 2.92 bits per heavy atom. The van der Waals surface area contributed by atoms with Crippen molar-refractivity contribution in [1.82, 2.24) is 24.8 Å². The Bertz CT molecular complexity index is 762. The van der Waals surface area contributed by atoms with Crippen LogP contribution in [0, 0.1) is 5.92 Å². The van der Waals surface area contributed by atoms with Gasteiger partial charge in [0.05, 0.1) is 36.6 Å². The average Bonchev–Trinajstić information content (AvgIpc) is 3.16. The number of carbonyl (C=O) groups excluding carboxylic acids is 2. The van der Waals surface area contributed by atoms with E-state index in [1.54, 1.807) is 29.1 Å². The van der Waals surface area contributed by atoms with Gasteiger partial charge in [-0.3, -0.25) is 14.6 Å². The van der Waals surface area contributed by atoms with E-state index >= 15 is 0 Å². The first-order valence-electron chi connectivity index (χ1n) is 8.08. The number of hydrogen-bond acceptors (Lipinski definition) is 5. The van der Waals surface area contributed by atoms with Gasteiger partial charge in [0.25, 0.3) is 0 Å². The molecule has 0 saturated carbocycles. The molecule has 3 heterocycles. The number of amides is 2. The first kappa shape index (κ1) is 17.5. The van der Waals surface area contributed by atoms with Crippen LogP contribution >= 0.6 is 11.8 Å². The Morgan fingerprint density at radius 1 is 1.40 bits per heavy atom. The smallest absolute Gasteiger partial charge is 0.225 e. The van der Waals surface area contributed by atoms with E-state index in [4.69, 9.17) is 0 Å². The lowest BCUT2D eigenvalue weighted by Gasteiger charge is -2.16. The maximum Gasteiger partial charge on any atom is 0.225 e. The molecule has 0 bridgehead atoms. The highest BCUT2D eigenvalue weighted by molar-refractivity contribution is 7.98. The number of nitrogens with zero attached hydrogens (tertiary/aromatic N) is 4. The summed E-state index contributed by atoms with van der Waals surface area (Å²) >= 11 is 1.56. The van der Waals surface area contributed by atoms with Crippen LogP contribution in [0.2, 0.25) is 0 Å². The summed E-state index contributed by atoms with van der Waals surface area (Å²) in [6.45, 7) is 1.29. The number of imidazole rings is 1. The first-order valence-corrected chi connectivity index (χ1v) is 9.31. The third-order valence-corrected chi connectivity index (χ3v) is 5.08. The number of pyridine rings is 1. The van der Waals surface area contributed by atoms with Gasteiger partial charge in [0.1, 0.15) is 0 Å². The van der Waals surface area contributed by atoms with Crippen molar-refractivity contribution in [3.8, 4) is 0 Å². The van der Waals surface area contributed by atoms with Crippen molar-refractivity contribution in [2.75, 3.05) is 12.8 Å². The molecule has 3 rings (SSSR count). The molecular weight excluding hydrogens is 338 g/mol. The minimum absolute atomic E-state index is 0.00370. The third-order valence-electron chi connectivity index (χ3n) is 4.33. The van der Waals surface area contributed by atoms with Crippen molar-refractivity contribution < 1.29 is 9.59 Å². The van der Waals surface area contributed by atoms with E-state index in [0.717, 1.165) is 16.5 Å². The molecule has 1 saturated heterocycles. The fourth-order valence-electron chi connectivity index (χ4n) is 2.89. The molecule has 1 atom stereocenters. The molecular formula is C17H21N5O2S. The molecule has 0 aromatic carbocycles. The zero-order chi connectivity index (χ0) is 17.8. The molecule has 0 unspecified atom stereocenters. The molecule has 1 aliphatic heterocycles. The van der Waals surface area contributed by atoms with Crippen molar-refractivity contribution in [1.29, 1.82) is 0 Å². The molecule has 0 spiro atoms. The predicted octanol–water partition coefficient (Wildman–Crippen LogP) is 1.20. The minimum atomic E-state index is -0.315. The van der Waals surface area contributed by atoms with Gasteiger partial charge >= 0.3 is 0 Å². The summed E-state index contributed by atoms with van der Waals surface area (Å²) in [5.41, 5.74) is 1.77. The molecule has 2 amide bonds. The van der Waals surface area contributed by atoms with Crippen molar-refractivity contribution in [3.05, 3.63) is 42.0 Å². The van der Waals surface area contributed by atoms with Crippen LogP contribution in [0.5, 0.6) is 0 Å². The van der Waals surface area contributed by atoms with Gasteiger partial charge in [-0.25, -0.2) is 4.98 Å². The van der Waals surface area contributed by atoms with Crippen LogP contribution in [-0.2, 0) is 29.7 Å². The Labute approximate surface area is 150 Å². The zero-order valence-electron chi connectivity index (χ0n) is 14.3. The maximum absolute atomic E-state index is 12.4. The summed E-state index contributed by atoms with van der Waals surface area (Å²) in [5, 5.41) is 3.83. The number of carbonyl (C=O) groups is 2. The van der Waals surface area contributed by atoms with Gasteiger partial charge in [0, 0.05) is 26.2 Å². The molecule has 25 heavy (non-hydrogen) atoms. The molecule has 0 radical (unpaired) electrons. The standard InChI is InChI=1S/C17H21N5O2S/c1-21-14(9-20-17(21)25-2)8-19-16(24)12-7-15(23)22(10-12)11-13-5-3-4-6-18-13/h3-6,9,12H,7-8,10-11H2,1-2H3,(H,19,24)/t12-/m0/s1. The fourth-order valence-corrected chi connectivity index (χ4v) is 3.44. The van der Waals surface area contributed by atoms with E-state index in [-0.39, 0.29) is 24.2 Å². The highest BCUT2D eigenvalue weighted by atomic mass is 32.2. The second-order valence-electron chi connectivity index (χ2n) is 6.01. The first-order chi connectivity index (χ1) is 12.1. The maximum atomic E-state index is 12.4. The molecule has 1 aliphatic rings. The second kappa shape index (κ2) is 7.69. The number of likely N-dealkylation sites (tertiary alicyclic amines) is 1. The van der Waals surface area contributed by atoms with Crippen LogP contribution in [0.15, 0.2) is 35.7 Å². The summed E-state index contributed by atoms with van der Waals surface area (Å²) in [6.07, 6.45) is 5.68. The Hall–Kier alpha value is -2.35. The van der Waals surface area contributed by atoms with Crippen LogP contribution in [0.25, 0.3) is 0 Å². The highest BCUT2D eigenvalue weighted by Gasteiger charge is 2.34. The lowest BCUT2D eigenvalue weighted by Crippen LogP contribution is -2.33. The molecule has 7 nitrogen and oxygen atoms in total. The average molecular weight is 359 g/mol. The van der Waals surface area contributed by atoms with Crippen LogP contribution < -0.4 is 5.32 Å². The van der Waals surface area contributed by atoms with Crippen molar-refractivity contribution in [2.45, 2.75) is 24.7 Å². The van der Waals surface area contributed by atoms with Crippen molar-refractivity contribution in [2.24, 2.45) is 13.0 Å². The Morgan fingerprint density at radius 2 is 2.24 bits per heavy atom. The molecule has 0 aliphatic carbocycles. The van der Waals surface area contributed by atoms with E-state index in [9.17, 15) is 9.59 Å². The normalized spacial score (nSPS) is 17.1. The summed E-state index contributed by atoms with van der Waals surface area (Å²) in [6, 6.07) is 5.61. The number of thioether (sulfide) groups is 1. The number of nitrogens with one attached hydrogen (secondary N) is 1. The van der Waals surface area contributed by atoms with Gasteiger partial charge < -0.3 is 14.8 Å². The molecule has 2 aromatic heterocycles. The van der Waals surface area contributed by atoms with Crippen LogP contribution in [-0.4, -0.2) is 44.0 Å². The summed E-state index contributed by atoms with van der Waals surface area (Å²) in [5.74, 6) is -0.413.